The maximum absolute atomic E-state index is 12.2. The Labute approximate surface area is 183 Å². The molecule has 0 aliphatic carbocycles. The van der Waals surface area contributed by atoms with Gasteiger partial charge in [-0.3, -0.25) is 4.79 Å². The molecule has 0 aliphatic heterocycles. The number of β-amino-alcohol motifs (C(OH)–C–C–N with tert-alkyl or cyclic N) is 1. The van der Waals surface area contributed by atoms with E-state index >= 15 is 0 Å². The van der Waals surface area contributed by atoms with Crippen LogP contribution in [0.4, 0.5) is 0 Å². The van der Waals surface area contributed by atoms with Crippen molar-refractivity contribution in [2.45, 2.75) is 57.7 Å². The van der Waals surface area contributed by atoms with E-state index in [4.69, 9.17) is 0 Å². The Hall–Kier alpha value is -2.61. The van der Waals surface area contributed by atoms with E-state index in [1.54, 1.807) is 0 Å². The Kier molecular flexibility index (Phi) is 8.86. The van der Waals surface area contributed by atoms with Crippen LogP contribution in [-0.4, -0.2) is 51.1 Å². The molecule has 6 N–H and O–H groups in total. The summed E-state index contributed by atoms with van der Waals surface area (Å²) >= 11 is 0. The van der Waals surface area contributed by atoms with Crippen molar-refractivity contribution in [1.29, 1.82) is 0 Å². The van der Waals surface area contributed by atoms with E-state index in [1.165, 1.54) is 18.2 Å². The van der Waals surface area contributed by atoms with Crippen molar-refractivity contribution in [3.05, 3.63) is 59.2 Å². The van der Waals surface area contributed by atoms with Crippen molar-refractivity contribution >= 4 is 5.91 Å². The Bertz CT molecular complexity index is 845. The van der Waals surface area contributed by atoms with E-state index in [2.05, 4.69) is 10.6 Å². The van der Waals surface area contributed by atoms with Gasteiger partial charge in [0.1, 0.15) is 11.5 Å². The largest absolute Gasteiger partial charge is 0.508 e. The highest BCUT2D eigenvalue weighted by molar-refractivity contribution is 5.78. The van der Waals surface area contributed by atoms with Crippen LogP contribution in [0.3, 0.4) is 0 Å². The number of phenolic OH excluding ortho intramolecular Hbond substituents is 2. The van der Waals surface area contributed by atoms with Gasteiger partial charge in [0.05, 0.1) is 25.2 Å². The minimum atomic E-state index is -0.884. The molecule has 0 heterocycles. The quantitative estimate of drug-likeness (QED) is 0.325. The lowest BCUT2D eigenvalue weighted by molar-refractivity contribution is -0.121. The zero-order valence-electron chi connectivity index (χ0n) is 18.4. The molecule has 1 amide bonds. The maximum Gasteiger partial charge on any atom is 0.224 e. The summed E-state index contributed by atoms with van der Waals surface area (Å²) in [5.74, 6) is -0.315. The molecular formula is C24H34N2O5. The molecule has 0 saturated carbocycles. The SMILES string of the molecule is CC[C@H](CO)NC(=O)Cc1cccc(CC(C)(C)NCC(O)c2cc(O)cc(O)c2)c1. The van der Waals surface area contributed by atoms with Crippen LogP contribution >= 0.6 is 0 Å². The van der Waals surface area contributed by atoms with E-state index in [-0.39, 0.29) is 48.6 Å². The van der Waals surface area contributed by atoms with Crippen molar-refractivity contribution < 1.29 is 25.2 Å². The van der Waals surface area contributed by atoms with Gasteiger partial charge in [-0.25, -0.2) is 0 Å². The highest BCUT2D eigenvalue weighted by atomic mass is 16.3. The summed E-state index contributed by atoms with van der Waals surface area (Å²) in [6.07, 6.45) is 0.716. The van der Waals surface area contributed by atoms with Gasteiger partial charge < -0.3 is 31.1 Å². The number of phenols is 2. The number of hydrogen-bond acceptors (Lipinski definition) is 6. The first-order valence-corrected chi connectivity index (χ1v) is 10.6. The summed E-state index contributed by atoms with van der Waals surface area (Å²) in [5.41, 5.74) is 2.04. The summed E-state index contributed by atoms with van der Waals surface area (Å²) in [6.45, 7) is 6.13. The number of carbonyl (C=O) groups is 1. The predicted molar refractivity (Wildman–Crippen MR) is 120 cm³/mol. The molecule has 0 fully saturated rings. The van der Waals surface area contributed by atoms with Gasteiger partial charge in [-0.15, -0.1) is 0 Å². The molecular weight excluding hydrogens is 396 g/mol. The average molecular weight is 431 g/mol. The highest BCUT2D eigenvalue weighted by Gasteiger charge is 2.21. The van der Waals surface area contributed by atoms with Gasteiger partial charge in [-0.05, 0) is 55.5 Å². The zero-order valence-corrected chi connectivity index (χ0v) is 18.4. The topological polar surface area (TPSA) is 122 Å². The van der Waals surface area contributed by atoms with Gasteiger partial charge >= 0.3 is 0 Å². The van der Waals surface area contributed by atoms with E-state index in [0.717, 1.165) is 11.1 Å². The Balaban J connectivity index is 1.95. The third kappa shape index (κ3) is 8.20. The van der Waals surface area contributed by atoms with Crippen LogP contribution in [-0.2, 0) is 17.6 Å². The van der Waals surface area contributed by atoms with Crippen molar-refractivity contribution in [2.24, 2.45) is 0 Å². The molecule has 0 radical (unpaired) electrons. The van der Waals surface area contributed by atoms with E-state index in [9.17, 15) is 25.2 Å². The highest BCUT2D eigenvalue weighted by Crippen LogP contribution is 2.25. The number of hydrogen-bond donors (Lipinski definition) is 6. The van der Waals surface area contributed by atoms with Crippen LogP contribution in [0.25, 0.3) is 0 Å². The monoisotopic (exact) mass is 430 g/mol. The number of benzene rings is 2. The molecule has 1 unspecified atom stereocenters. The lowest BCUT2D eigenvalue weighted by atomic mass is 9.93. The Morgan fingerprint density at radius 2 is 1.71 bits per heavy atom. The standard InChI is InChI=1S/C24H34N2O5/c1-4-19(15-27)26-23(31)9-16-6-5-7-17(8-16)13-24(2,3)25-14-22(30)18-10-20(28)12-21(29)11-18/h5-8,10-12,19,22,25,27-30H,4,9,13-15H2,1-3H3,(H,26,31)/t19-,22?/m1/s1. The zero-order chi connectivity index (χ0) is 23.0. The number of amides is 1. The number of aromatic hydroxyl groups is 2. The van der Waals surface area contributed by atoms with Gasteiger partial charge in [0.15, 0.2) is 0 Å². The summed E-state index contributed by atoms with van der Waals surface area (Å²) < 4.78 is 0. The second kappa shape index (κ2) is 11.1. The average Bonchev–Trinajstić information content (AvgIpc) is 2.69. The molecule has 7 nitrogen and oxygen atoms in total. The second-order valence-electron chi connectivity index (χ2n) is 8.59. The van der Waals surface area contributed by atoms with E-state index < -0.39 is 6.10 Å². The normalized spacial score (nSPS) is 13.6. The van der Waals surface area contributed by atoms with Crippen LogP contribution in [0, 0.1) is 0 Å². The number of carbonyl (C=O) groups excluding carboxylic acids is 1. The van der Waals surface area contributed by atoms with E-state index in [1.807, 2.05) is 45.0 Å². The van der Waals surface area contributed by atoms with E-state index in [0.29, 0.717) is 18.4 Å². The molecule has 31 heavy (non-hydrogen) atoms. The first-order chi connectivity index (χ1) is 14.6. The van der Waals surface area contributed by atoms with Crippen LogP contribution in [0.1, 0.15) is 50.0 Å². The van der Waals surface area contributed by atoms with Gasteiger partial charge in [0.25, 0.3) is 0 Å². The van der Waals surface area contributed by atoms with Crippen molar-refractivity contribution in [3.8, 4) is 11.5 Å². The Morgan fingerprint density at radius 1 is 1.06 bits per heavy atom. The lowest BCUT2D eigenvalue weighted by Gasteiger charge is -2.28. The molecule has 0 saturated heterocycles. The van der Waals surface area contributed by atoms with Gasteiger partial charge in [-0.2, -0.15) is 0 Å². The first-order valence-electron chi connectivity index (χ1n) is 10.6. The van der Waals surface area contributed by atoms with Crippen LogP contribution < -0.4 is 10.6 Å². The van der Waals surface area contributed by atoms with Crippen molar-refractivity contribution in [1.82, 2.24) is 10.6 Å². The molecule has 2 rings (SSSR count). The molecule has 0 aliphatic rings. The molecule has 0 bridgehead atoms. The number of rotatable bonds is 11. The predicted octanol–water partition coefficient (Wildman–Crippen LogP) is 2.17. The minimum absolute atomic E-state index is 0.0732. The molecule has 170 valence electrons. The summed E-state index contributed by atoms with van der Waals surface area (Å²) in [4.78, 5) is 12.2. The van der Waals surface area contributed by atoms with Gasteiger partial charge in [0, 0.05) is 18.2 Å². The smallest absolute Gasteiger partial charge is 0.224 e. The molecule has 2 aromatic rings. The summed E-state index contributed by atoms with van der Waals surface area (Å²) in [6, 6.07) is 11.7. The van der Waals surface area contributed by atoms with Gasteiger partial charge in [-0.1, -0.05) is 31.2 Å². The molecule has 2 atom stereocenters. The fourth-order valence-electron chi connectivity index (χ4n) is 3.46. The van der Waals surface area contributed by atoms with Gasteiger partial charge in [0.2, 0.25) is 5.91 Å². The lowest BCUT2D eigenvalue weighted by Crippen LogP contribution is -2.43. The van der Waals surface area contributed by atoms with Crippen molar-refractivity contribution in [3.63, 3.8) is 0 Å². The number of aliphatic hydroxyl groups is 2. The first kappa shape index (κ1) is 24.7. The fourth-order valence-corrected chi connectivity index (χ4v) is 3.46. The van der Waals surface area contributed by atoms with Crippen LogP contribution in [0.5, 0.6) is 11.5 Å². The summed E-state index contributed by atoms with van der Waals surface area (Å²) in [7, 11) is 0. The molecule has 2 aromatic carbocycles. The number of nitrogens with one attached hydrogen (secondary N) is 2. The summed E-state index contributed by atoms with van der Waals surface area (Å²) in [5, 5.41) is 45.0. The third-order valence-corrected chi connectivity index (χ3v) is 5.16. The maximum atomic E-state index is 12.2. The fraction of sp³-hybridized carbons (Fsp3) is 0.458. The molecule has 0 spiro atoms. The molecule has 7 heteroatoms. The van der Waals surface area contributed by atoms with Crippen LogP contribution in [0.15, 0.2) is 42.5 Å². The second-order valence-corrected chi connectivity index (χ2v) is 8.59. The van der Waals surface area contributed by atoms with Crippen molar-refractivity contribution in [2.75, 3.05) is 13.2 Å². The minimum Gasteiger partial charge on any atom is -0.508 e. The van der Waals surface area contributed by atoms with Crippen LogP contribution in [0.2, 0.25) is 0 Å². The molecule has 0 aromatic heterocycles. The number of aliphatic hydroxyl groups excluding tert-OH is 2. The third-order valence-electron chi connectivity index (χ3n) is 5.16. The Morgan fingerprint density at radius 3 is 2.32 bits per heavy atom.